The number of anilines is 2. The molecule has 0 bridgehead atoms. The van der Waals surface area contributed by atoms with E-state index < -0.39 is 10.9 Å². The van der Waals surface area contributed by atoms with Crippen LogP contribution in [0.3, 0.4) is 0 Å². The molecule has 1 amide bonds. The Kier molecular flexibility index (Phi) is 5.07. The highest BCUT2D eigenvalue weighted by molar-refractivity contribution is 5.96. The lowest BCUT2D eigenvalue weighted by atomic mass is 10.0. The minimum absolute atomic E-state index is 0.0775. The summed E-state index contributed by atoms with van der Waals surface area (Å²) in [6, 6.07) is 11.5. The highest BCUT2D eigenvalue weighted by atomic mass is 16.6. The van der Waals surface area contributed by atoms with Gasteiger partial charge in [0.25, 0.3) is 5.69 Å². The van der Waals surface area contributed by atoms with Gasteiger partial charge in [-0.1, -0.05) is 26.0 Å². The van der Waals surface area contributed by atoms with E-state index in [1.165, 1.54) is 28.7 Å². The Labute approximate surface area is 155 Å². The number of nitrogens with one attached hydrogen (secondary N) is 1. The molecule has 1 aliphatic rings. The summed E-state index contributed by atoms with van der Waals surface area (Å²) in [6.07, 6.45) is 0. The lowest BCUT2D eigenvalue weighted by Crippen LogP contribution is -2.41. The van der Waals surface area contributed by atoms with Gasteiger partial charge in [0, 0.05) is 11.8 Å². The van der Waals surface area contributed by atoms with Crippen molar-refractivity contribution >= 4 is 28.9 Å². The molecule has 27 heavy (non-hydrogen) atoms. The first-order valence-corrected chi connectivity index (χ1v) is 8.47. The molecule has 0 aliphatic carbocycles. The van der Waals surface area contributed by atoms with Gasteiger partial charge in [0.1, 0.15) is 6.54 Å². The minimum atomic E-state index is -0.572. The molecule has 3 rings (SSSR count). The number of rotatable bonds is 5. The van der Waals surface area contributed by atoms with Crippen molar-refractivity contribution in [2.24, 2.45) is 0 Å². The molecule has 8 heteroatoms. The predicted octanol–water partition coefficient (Wildman–Crippen LogP) is 3.08. The second-order valence-corrected chi connectivity index (χ2v) is 6.56. The Morgan fingerprint density at radius 2 is 1.96 bits per heavy atom. The lowest BCUT2D eigenvalue weighted by Gasteiger charge is -2.29. The number of nitro benzene ring substituents is 1. The van der Waals surface area contributed by atoms with Gasteiger partial charge < -0.3 is 15.0 Å². The second kappa shape index (κ2) is 7.45. The number of ether oxygens (including phenoxy) is 1. The van der Waals surface area contributed by atoms with Gasteiger partial charge >= 0.3 is 5.97 Å². The fraction of sp³-hybridized carbons (Fsp3) is 0.263. The number of amides is 1. The molecule has 0 radical (unpaired) electrons. The molecule has 1 heterocycles. The molecule has 0 saturated carbocycles. The first kappa shape index (κ1) is 18.4. The van der Waals surface area contributed by atoms with E-state index in [1.807, 2.05) is 24.3 Å². The quantitative estimate of drug-likeness (QED) is 0.376. The Morgan fingerprint density at radius 1 is 1.26 bits per heavy atom. The van der Waals surface area contributed by atoms with Crippen LogP contribution in [0.15, 0.2) is 42.5 Å². The maximum Gasteiger partial charge on any atom is 0.331 e. The van der Waals surface area contributed by atoms with Crippen LogP contribution >= 0.6 is 0 Å². The normalized spacial score (nSPS) is 13.1. The van der Waals surface area contributed by atoms with Crippen molar-refractivity contribution in [2.45, 2.75) is 19.8 Å². The SMILES string of the molecule is CC(C)c1ccc(NC(=O)CN2CC(=O)Oc3cc([N+](=O)[O-])ccc32)cc1. The molecule has 140 valence electrons. The first-order chi connectivity index (χ1) is 12.8. The molecular formula is C19H19N3O5. The highest BCUT2D eigenvalue weighted by Gasteiger charge is 2.27. The molecule has 0 unspecified atom stereocenters. The Hall–Kier alpha value is -3.42. The Bertz CT molecular complexity index is 893. The Morgan fingerprint density at radius 3 is 2.59 bits per heavy atom. The summed E-state index contributed by atoms with van der Waals surface area (Å²) in [5, 5.41) is 13.7. The van der Waals surface area contributed by atoms with Crippen molar-refractivity contribution in [1.82, 2.24) is 0 Å². The van der Waals surface area contributed by atoms with Crippen LogP contribution in [0.4, 0.5) is 17.1 Å². The second-order valence-electron chi connectivity index (χ2n) is 6.56. The van der Waals surface area contributed by atoms with Gasteiger partial charge in [0.2, 0.25) is 5.91 Å². The summed E-state index contributed by atoms with van der Waals surface area (Å²) >= 11 is 0. The van der Waals surface area contributed by atoms with Crippen molar-refractivity contribution in [3.63, 3.8) is 0 Å². The van der Waals surface area contributed by atoms with Gasteiger partial charge in [-0.25, -0.2) is 4.79 Å². The molecule has 0 atom stereocenters. The van der Waals surface area contributed by atoms with Crippen LogP contribution in [0.25, 0.3) is 0 Å². The number of non-ortho nitro benzene ring substituents is 1. The maximum atomic E-state index is 12.4. The number of esters is 1. The number of nitrogens with zero attached hydrogens (tertiary/aromatic N) is 2. The van der Waals surface area contributed by atoms with E-state index >= 15 is 0 Å². The summed E-state index contributed by atoms with van der Waals surface area (Å²) in [6.45, 7) is 3.99. The average Bonchev–Trinajstić information content (AvgIpc) is 2.61. The maximum absolute atomic E-state index is 12.4. The number of carbonyl (C=O) groups excluding carboxylic acids is 2. The van der Waals surface area contributed by atoms with Gasteiger partial charge in [-0.3, -0.25) is 14.9 Å². The van der Waals surface area contributed by atoms with Crippen molar-refractivity contribution in [3.05, 3.63) is 58.1 Å². The van der Waals surface area contributed by atoms with Crippen LogP contribution in [-0.4, -0.2) is 29.9 Å². The summed E-state index contributed by atoms with van der Waals surface area (Å²) in [5.41, 5.74) is 2.11. The molecule has 2 aromatic carbocycles. The molecule has 0 spiro atoms. The minimum Gasteiger partial charge on any atom is -0.423 e. The molecule has 2 aromatic rings. The third kappa shape index (κ3) is 4.22. The zero-order chi connectivity index (χ0) is 19.6. The number of hydrogen-bond donors (Lipinski definition) is 1. The zero-order valence-electron chi connectivity index (χ0n) is 15.0. The third-order valence-corrected chi connectivity index (χ3v) is 4.23. The molecule has 1 N–H and O–H groups in total. The summed E-state index contributed by atoms with van der Waals surface area (Å²) in [5.74, 6) is -0.396. The van der Waals surface area contributed by atoms with Crippen molar-refractivity contribution in [3.8, 4) is 5.75 Å². The molecule has 0 fully saturated rings. The first-order valence-electron chi connectivity index (χ1n) is 8.47. The number of hydrogen-bond acceptors (Lipinski definition) is 6. The topological polar surface area (TPSA) is 102 Å². The highest BCUT2D eigenvalue weighted by Crippen LogP contribution is 2.35. The number of benzene rings is 2. The van der Waals surface area contributed by atoms with Gasteiger partial charge in [-0.15, -0.1) is 0 Å². The van der Waals surface area contributed by atoms with Crippen LogP contribution in [0.5, 0.6) is 5.75 Å². The van der Waals surface area contributed by atoms with Crippen LogP contribution in [0.2, 0.25) is 0 Å². The number of fused-ring (bicyclic) bond motifs is 1. The van der Waals surface area contributed by atoms with E-state index in [0.717, 1.165) is 0 Å². The van der Waals surface area contributed by atoms with Gasteiger partial charge in [0.15, 0.2) is 5.75 Å². The van der Waals surface area contributed by atoms with E-state index in [1.54, 1.807) is 0 Å². The zero-order valence-corrected chi connectivity index (χ0v) is 15.0. The Balaban J connectivity index is 1.72. The fourth-order valence-corrected chi connectivity index (χ4v) is 2.82. The predicted molar refractivity (Wildman–Crippen MR) is 100 cm³/mol. The largest absolute Gasteiger partial charge is 0.423 e. The number of nitro groups is 1. The number of carbonyl (C=O) groups is 2. The molecule has 0 aromatic heterocycles. The van der Waals surface area contributed by atoms with Gasteiger partial charge in [-0.2, -0.15) is 0 Å². The summed E-state index contributed by atoms with van der Waals surface area (Å²) < 4.78 is 5.07. The standard InChI is InChI=1S/C19H19N3O5/c1-12(2)13-3-5-14(6-4-13)20-18(23)10-21-11-19(24)27-17-9-15(22(25)26)7-8-16(17)21/h3-9,12H,10-11H2,1-2H3,(H,20,23). The van der Waals surface area contributed by atoms with E-state index in [9.17, 15) is 19.7 Å². The van der Waals surface area contributed by atoms with E-state index in [0.29, 0.717) is 17.3 Å². The molecule has 1 aliphatic heterocycles. The van der Waals surface area contributed by atoms with Crippen LogP contribution in [0, 0.1) is 10.1 Å². The van der Waals surface area contributed by atoms with Crippen molar-refractivity contribution < 1.29 is 19.2 Å². The van der Waals surface area contributed by atoms with Crippen LogP contribution in [0.1, 0.15) is 25.3 Å². The molecular weight excluding hydrogens is 350 g/mol. The molecule has 0 saturated heterocycles. The van der Waals surface area contributed by atoms with Crippen molar-refractivity contribution in [2.75, 3.05) is 23.3 Å². The average molecular weight is 369 g/mol. The smallest absolute Gasteiger partial charge is 0.331 e. The van der Waals surface area contributed by atoms with E-state index in [4.69, 9.17) is 4.74 Å². The van der Waals surface area contributed by atoms with E-state index in [-0.39, 0.29) is 30.4 Å². The van der Waals surface area contributed by atoms with E-state index in [2.05, 4.69) is 19.2 Å². The van der Waals surface area contributed by atoms with Crippen molar-refractivity contribution in [1.29, 1.82) is 0 Å². The fourth-order valence-electron chi connectivity index (χ4n) is 2.82. The van der Waals surface area contributed by atoms with Crippen LogP contribution in [-0.2, 0) is 9.59 Å². The summed E-state index contributed by atoms with van der Waals surface area (Å²) in [4.78, 5) is 36.0. The molecule has 8 nitrogen and oxygen atoms in total. The third-order valence-electron chi connectivity index (χ3n) is 4.23. The van der Waals surface area contributed by atoms with Crippen LogP contribution < -0.4 is 15.0 Å². The monoisotopic (exact) mass is 369 g/mol. The summed E-state index contributed by atoms with van der Waals surface area (Å²) in [7, 11) is 0. The van der Waals surface area contributed by atoms with Gasteiger partial charge in [0.05, 0.1) is 23.2 Å². The van der Waals surface area contributed by atoms with Gasteiger partial charge in [-0.05, 0) is 29.7 Å². The lowest BCUT2D eigenvalue weighted by molar-refractivity contribution is -0.384.